The second kappa shape index (κ2) is 4.51. The van der Waals surface area contributed by atoms with Crippen molar-refractivity contribution in [3.05, 3.63) is 33.5 Å². The predicted molar refractivity (Wildman–Crippen MR) is 70.9 cm³/mol. The van der Waals surface area contributed by atoms with Gasteiger partial charge in [-0.25, -0.2) is 0 Å². The molecule has 5 heteroatoms. The first kappa shape index (κ1) is 11.5. The van der Waals surface area contributed by atoms with Crippen molar-refractivity contribution < 1.29 is 0 Å². The van der Waals surface area contributed by atoms with Gasteiger partial charge in [-0.1, -0.05) is 28.1 Å². The molecular weight excluding hydrogens is 286 g/mol. The summed E-state index contributed by atoms with van der Waals surface area (Å²) in [6.07, 6.45) is 0. The summed E-state index contributed by atoms with van der Waals surface area (Å²) < 4.78 is 3.73. The Balaban J connectivity index is 2.56. The molecule has 1 N–H and O–H groups in total. The highest BCUT2D eigenvalue weighted by atomic mass is 79.9. The molecule has 0 spiro atoms. The molecule has 0 unspecified atom stereocenters. The molecule has 2 aromatic rings. The van der Waals surface area contributed by atoms with Crippen molar-refractivity contribution in [3.63, 3.8) is 0 Å². The highest BCUT2D eigenvalue weighted by Gasteiger charge is 2.10. The van der Waals surface area contributed by atoms with E-state index in [1.165, 1.54) is 0 Å². The number of nitrogens with zero attached hydrogens (tertiary/aromatic N) is 2. The van der Waals surface area contributed by atoms with Crippen molar-refractivity contribution in [3.8, 4) is 11.4 Å². The average Bonchev–Trinajstić information content (AvgIpc) is 2.61. The van der Waals surface area contributed by atoms with Crippen LogP contribution in [0.3, 0.4) is 0 Å². The zero-order chi connectivity index (χ0) is 11.7. The SMILES string of the molecule is CC(C)n1c(-c2ccc(Br)cc2)n[nH]c1=S. The molecular formula is C11H12BrN3S. The summed E-state index contributed by atoms with van der Waals surface area (Å²) in [4.78, 5) is 0. The Morgan fingerprint density at radius 2 is 1.94 bits per heavy atom. The minimum Gasteiger partial charge on any atom is -0.298 e. The van der Waals surface area contributed by atoms with Crippen LogP contribution >= 0.6 is 28.1 Å². The molecule has 1 aromatic carbocycles. The van der Waals surface area contributed by atoms with Gasteiger partial charge in [0.2, 0.25) is 0 Å². The summed E-state index contributed by atoms with van der Waals surface area (Å²) in [6, 6.07) is 8.34. The molecule has 1 aromatic heterocycles. The molecule has 1 heterocycles. The van der Waals surface area contributed by atoms with Gasteiger partial charge in [-0.3, -0.25) is 9.67 Å². The van der Waals surface area contributed by atoms with Gasteiger partial charge in [-0.15, -0.1) is 0 Å². The van der Waals surface area contributed by atoms with E-state index in [-0.39, 0.29) is 0 Å². The second-order valence-corrected chi connectivity index (χ2v) is 5.13. The van der Waals surface area contributed by atoms with Gasteiger partial charge in [0.05, 0.1) is 0 Å². The van der Waals surface area contributed by atoms with Crippen molar-refractivity contribution in [1.29, 1.82) is 0 Å². The van der Waals surface area contributed by atoms with Crippen LogP contribution in [0.4, 0.5) is 0 Å². The molecule has 0 amide bonds. The minimum atomic E-state index is 0.296. The third-order valence-electron chi connectivity index (χ3n) is 2.32. The zero-order valence-electron chi connectivity index (χ0n) is 9.07. The highest BCUT2D eigenvalue weighted by molar-refractivity contribution is 9.10. The van der Waals surface area contributed by atoms with E-state index < -0.39 is 0 Å². The minimum absolute atomic E-state index is 0.296. The molecule has 0 aliphatic rings. The van der Waals surface area contributed by atoms with E-state index in [9.17, 15) is 0 Å². The lowest BCUT2D eigenvalue weighted by Gasteiger charge is -2.10. The Morgan fingerprint density at radius 3 is 2.50 bits per heavy atom. The molecule has 0 aliphatic heterocycles. The summed E-state index contributed by atoms with van der Waals surface area (Å²) in [7, 11) is 0. The molecule has 0 atom stereocenters. The van der Waals surface area contributed by atoms with Gasteiger partial charge in [-0.2, -0.15) is 5.10 Å². The smallest absolute Gasteiger partial charge is 0.195 e. The third-order valence-corrected chi connectivity index (χ3v) is 3.14. The van der Waals surface area contributed by atoms with Crippen LogP contribution in [0.1, 0.15) is 19.9 Å². The summed E-state index contributed by atoms with van der Waals surface area (Å²) in [6.45, 7) is 4.18. The topological polar surface area (TPSA) is 33.6 Å². The van der Waals surface area contributed by atoms with E-state index in [4.69, 9.17) is 12.2 Å². The molecule has 84 valence electrons. The maximum Gasteiger partial charge on any atom is 0.195 e. The maximum atomic E-state index is 5.21. The lowest BCUT2D eigenvalue weighted by Crippen LogP contribution is -2.03. The van der Waals surface area contributed by atoms with Gasteiger partial charge in [0, 0.05) is 16.1 Å². The van der Waals surface area contributed by atoms with Crippen LogP contribution in [0.5, 0.6) is 0 Å². The van der Waals surface area contributed by atoms with Gasteiger partial charge < -0.3 is 0 Å². The van der Waals surface area contributed by atoms with Crippen molar-refractivity contribution >= 4 is 28.1 Å². The van der Waals surface area contributed by atoms with Gasteiger partial charge in [-0.05, 0) is 38.2 Å². The summed E-state index contributed by atoms with van der Waals surface area (Å²) >= 11 is 8.63. The third kappa shape index (κ3) is 2.10. The molecule has 3 nitrogen and oxygen atoms in total. The van der Waals surface area contributed by atoms with Crippen LogP contribution in [0.15, 0.2) is 28.7 Å². The lowest BCUT2D eigenvalue weighted by molar-refractivity contribution is 0.597. The number of halogens is 1. The molecule has 0 fully saturated rings. The maximum absolute atomic E-state index is 5.21. The van der Waals surface area contributed by atoms with Gasteiger partial charge in [0.25, 0.3) is 0 Å². The highest BCUT2D eigenvalue weighted by Crippen LogP contribution is 2.22. The van der Waals surface area contributed by atoms with E-state index in [0.29, 0.717) is 10.8 Å². The molecule has 16 heavy (non-hydrogen) atoms. The van der Waals surface area contributed by atoms with Crippen LogP contribution in [-0.4, -0.2) is 14.8 Å². The number of rotatable bonds is 2. The molecule has 0 saturated carbocycles. The van der Waals surface area contributed by atoms with Gasteiger partial charge in [0.15, 0.2) is 10.6 Å². The Hall–Kier alpha value is -0.940. The quantitative estimate of drug-likeness (QED) is 0.852. The Kier molecular flexibility index (Phi) is 3.25. The second-order valence-electron chi connectivity index (χ2n) is 3.82. The largest absolute Gasteiger partial charge is 0.298 e. The first-order valence-electron chi connectivity index (χ1n) is 5.02. The van der Waals surface area contributed by atoms with Crippen LogP contribution in [0.2, 0.25) is 0 Å². The number of H-pyrrole nitrogens is 1. The first-order valence-corrected chi connectivity index (χ1v) is 6.22. The fourth-order valence-electron chi connectivity index (χ4n) is 1.59. The Morgan fingerprint density at radius 1 is 1.31 bits per heavy atom. The summed E-state index contributed by atoms with van der Waals surface area (Å²) in [5.41, 5.74) is 1.06. The molecule has 0 radical (unpaired) electrons. The molecule has 0 saturated heterocycles. The standard InChI is InChI=1S/C11H12BrN3S/c1-7(2)15-10(13-14-11(15)16)8-3-5-9(12)6-4-8/h3-7H,1-2H3,(H,14,16). The molecule has 0 bridgehead atoms. The van der Waals surface area contributed by atoms with Gasteiger partial charge >= 0.3 is 0 Å². The Bertz CT molecular complexity index is 539. The van der Waals surface area contributed by atoms with E-state index in [2.05, 4.69) is 40.0 Å². The number of benzene rings is 1. The molecule has 2 rings (SSSR count). The van der Waals surface area contributed by atoms with Crippen LogP contribution < -0.4 is 0 Å². The fraction of sp³-hybridized carbons (Fsp3) is 0.273. The first-order chi connectivity index (χ1) is 7.59. The van der Waals surface area contributed by atoms with Crippen molar-refractivity contribution in [2.75, 3.05) is 0 Å². The van der Waals surface area contributed by atoms with Gasteiger partial charge in [0.1, 0.15) is 0 Å². The number of hydrogen-bond acceptors (Lipinski definition) is 2. The van der Waals surface area contributed by atoms with E-state index in [1.54, 1.807) is 0 Å². The van der Waals surface area contributed by atoms with E-state index in [0.717, 1.165) is 15.9 Å². The van der Waals surface area contributed by atoms with E-state index >= 15 is 0 Å². The predicted octanol–water partition coefficient (Wildman–Crippen LogP) is 3.95. The molecule has 0 aliphatic carbocycles. The zero-order valence-corrected chi connectivity index (χ0v) is 11.5. The monoisotopic (exact) mass is 297 g/mol. The number of hydrogen-bond donors (Lipinski definition) is 1. The normalized spacial score (nSPS) is 11.0. The van der Waals surface area contributed by atoms with Crippen LogP contribution in [0, 0.1) is 4.77 Å². The Labute approximate surface area is 108 Å². The average molecular weight is 298 g/mol. The number of aromatic amines is 1. The fourth-order valence-corrected chi connectivity index (χ4v) is 2.19. The summed E-state index contributed by atoms with van der Waals surface area (Å²) in [5.74, 6) is 0.882. The van der Waals surface area contributed by atoms with Crippen molar-refractivity contribution in [2.24, 2.45) is 0 Å². The van der Waals surface area contributed by atoms with Crippen molar-refractivity contribution in [2.45, 2.75) is 19.9 Å². The van der Waals surface area contributed by atoms with Crippen LogP contribution in [0.25, 0.3) is 11.4 Å². The van der Waals surface area contributed by atoms with E-state index in [1.807, 2.05) is 28.8 Å². The summed E-state index contributed by atoms with van der Waals surface area (Å²) in [5, 5.41) is 7.10. The van der Waals surface area contributed by atoms with Crippen molar-refractivity contribution in [1.82, 2.24) is 14.8 Å². The lowest BCUT2D eigenvalue weighted by atomic mass is 10.2. The number of aromatic nitrogens is 3. The number of nitrogens with one attached hydrogen (secondary N) is 1. The van der Waals surface area contributed by atoms with Crippen LogP contribution in [-0.2, 0) is 0 Å².